The topological polar surface area (TPSA) is 131 Å². The van der Waals surface area contributed by atoms with Gasteiger partial charge in [-0.2, -0.15) is 5.10 Å². The number of nitrogens with zero attached hydrogens (tertiary/aromatic N) is 2. The highest BCUT2D eigenvalue weighted by Crippen LogP contribution is 2.29. The van der Waals surface area contributed by atoms with E-state index in [2.05, 4.69) is 5.10 Å². The van der Waals surface area contributed by atoms with Gasteiger partial charge in [-0.05, 0) is 6.07 Å². The number of aromatic nitrogens is 2. The molecule has 1 aliphatic rings. The van der Waals surface area contributed by atoms with E-state index in [0.717, 1.165) is 4.68 Å². The number of aliphatic hydroxyl groups is 3. The lowest BCUT2D eigenvalue weighted by Crippen LogP contribution is -2.34. The second-order valence-corrected chi connectivity index (χ2v) is 3.75. The number of carbonyl (C=O) groups excluding carboxylic acids is 1. The molecule has 0 bridgehead atoms. The van der Waals surface area contributed by atoms with Crippen LogP contribution in [0.2, 0.25) is 0 Å². The van der Waals surface area contributed by atoms with Crippen LogP contribution in [0.15, 0.2) is 12.3 Å². The van der Waals surface area contributed by atoms with Gasteiger partial charge in [0.25, 0.3) is 5.91 Å². The highest BCUT2D eigenvalue weighted by atomic mass is 16.6. The van der Waals surface area contributed by atoms with Crippen molar-refractivity contribution >= 4 is 5.91 Å². The van der Waals surface area contributed by atoms with Gasteiger partial charge in [0.2, 0.25) is 0 Å². The number of nitrogens with two attached hydrogens (primary N) is 1. The molecular formula is C9H13N3O5. The zero-order valence-electron chi connectivity index (χ0n) is 8.80. The van der Waals surface area contributed by atoms with Crippen LogP contribution in [0, 0.1) is 0 Å². The summed E-state index contributed by atoms with van der Waals surface area (Å²) in [6.45, 7) is -0.443. The van der Waals surface area contributed by atoms with Crippen molar-refractivity contribution in [3.63, 3.8) is 0 Å². The van der Waals surface area contributed by atoms with Crippen LogP contribution in [0.5, 0.6) is 0 Å². The minimum Gasteiger partial charge on any atom is -0.394 e. The largest absolute Gasteiger partial charge is 0.394 e. The van der Waals surface area contributed by atoms with Crippen LogP contribution in [0.1, 0.15) is 16.7 Å². The van der Waals surface area contributed by atoms with Gasteiger partial charge in [0.15, 0.2) is 6.23 Å². The van der Waals surface area contributed by atoms with Gasteiger partial charge >= 0.3 is 0 Å². The molecule has 0 saturated carbocycles. The van der Waals surface area contributed by atoms with E-state index in [1.807, 2.05) is 0 Å². The number of rotatable bonds is 3. The predicted molar refractivity (Wildman–Crippen MR) is 53.8 cm³/mol. The Morgan fingerprint density at radius 2 is 2.24 bits per heavy atom. The summed E-state index contributed by atoms with van der Waals surface area (Å²) in [5.74, 6) is -0.722. The predicted octanol–water partition coefficient (Wildman–Crippen LogP) is -2.41. The third kappa shape index (κ3) is 1.91. The van der Waals surface area contributed by atoms with Gasteiger partial charge < -0.3 is 25.8 Å². The maximum absolute atomic E-state index is 11.1. The zero-order valence-corrected chi connectivity index (χ0v) is 8.80. The van der Waals surface area contributed by atoms with E-state index < -0.39 is 37.1 Å². The molecule has 4 unspecified atom stereocenters. The highest BCUT2D eigenvalue weighted by molar-refractivity contribution is 5.90. The molecule has 1 aliphatic heterocycles. The van der Waals surface area contributed by atoms with Crippen molar-refractivity contribution < 1.29 is 24.9 Å². The van der Waals surface area contributed by atoms with Crippen LogP contribution in [-0.4, -0.2) is 55.9 Å². The summed E-state index contributed by atoms with van der Waals surface area (Å²) in [5, 5.41) is 32.0. The Bertz CT molecular complexity index is 421. The van der Waals surface area contributed by atoms with E-state index in [1.54, 1.807) is 0 Å². The third-order valence-electron chi connectivity index (χ3n) is 2.68. The number of primary amides is 1. The average Bonchev–Trinajstić information content (AvgIpc) is 2.86. The number of ether oxygens (including phenoxy) is 1. The molecule has 1 amide bonds. The molecule has 94 valence electrons. The Balaban J connectivity index is 2.29. The molecule has 1 fully saturated rings. The molecule has 8 heteroatoms. The molecule has 1 saturated heterocycles. The van der Waals surface area contributed by atoms with E-state index in [9.17, 15) is 15.0 Å². The molecule has 1 aromatic rings. The lowest BCUT2D eigenvalue weighted by molar-refractivity contribution is -0.0593. The van der Waals surface area contributed by atoms with Gasteiger partial charge in [0, 0.05) is 6.20 Å². The minimum absolute atomic E-state index is 0.0554. The van der Waals surface area contributed by atoms with Gasteiger partial charge in [-0.15, -0.1) is 0 Å². The normalized spacial score (nSPS) is 32.9. The van der Waals surface area contributed by atoms with Gasteiger partial charge in [-0.1, -0.05) is 0 Å². The Morgan fingerprint density at radius 3 is 2.76 bits per heavy atom. The van der Waals surface area contributed by atoms with Gasteiger partial charge in [-0.3, -0.25) is 4.79 Å². The maximum Gasteiger partial charge on any atom is 0.267 e. The summed E-state index contributed by atoms with van der Waals surface area (Å²) in [6.07, 6.45) is -3.16. The smallest absolute Gasteiger partial charge is 0.267 e. The summed E-state index contributed by atoms with van der Waals surface area (Å²) in [5.41, 5.74) is 5.18. The zero-order chi connectivity index (χ0) is 12.6. The number of amides is 1. The van der Waals surface area contributed by atoms with Gasteiger partial charge in [-0.25, -0.2) is 4.68 Å². The summed E-state index contributed by atoms with van der Waals surface area (Å²) < 4.78 is 6.30. The van der Waals surface area contributed by atoms with Crippen LogP contribution in [-0.2, 0) is 4.74 Å². The fourth-order valence-electron chi connectivity index (χ4n) is 1.79. The Morgan fingerprint density at radius 1 is 1.53 bits per heavy atom. The van der Waals surface area contributed by atoms with E-state index in [0.29, 0.717) is 0 Å². The molecular weight excluding hydrogens is 230 g/mol. The summed E-state index contributed by atoms with van der Waals surface area (Å²) >= 11 is 0. The molecule has 0 radical (unpaired) electrons. The van der Waals surface area contributed by atoms with Crippen LogP contribution in [0.3, 0.4) is 0 Å². The lowest BCUT2D eigenvalue weighted by atomic mass is 10.1. The monoisotopic (exact) mass is 243 g/mol. The van der Waals surface area contributed by atoms with Crippen molar-refractivity contribution in [2.75, 3.05) is 6.61 Å². The molecule has 2 heterocycles. The number of hydrogen-bond acceptors (Lipinski definition) is 6. The second kappa shape index (κ2) is 4.41. The fourth-order valence-corrected chi connectivity index (χ4v) is 1.79. The molecule has 0 spiro atoms. The SMILES string of the molecule is NC(=O)c1ccnn1C1OC(CO)C(O)C1O. The molecule has 8 nitrogen and oxygen atoms in total. The van der Waals surface area contributed by atoms with Gasteiger partial charge in [0.1, 0.15) is 24.0 Å². The van der Waals surface area contributed by atoms with Crippen molar-refractivity contribution in [1.29, 1.82) is 0 Å². The molecule has 0 aliphatic carbocycles. The first kappa shape index (κ1) is 12.0. The van der Waals surface area contributed by atoms with Crippen molar-refractivity contribution in [3.8, 4) is 0 Å². The summed E-state index contributed by atoms with van der Waals surface area (Å²) in [6, 6.07) is 1.37. The maximum atomic E-state index is 11.1. The number of hydrogen-bond donors (Lipinski definition) is 4. The standard InChI is InChI=1S/C9H13N3O5/c10-8(16)4-1-2-11-12(4)9-7(15)6(14)5(3-13)17-9/h1-2,5-7,9,13-15H,3H2,(H2,10,16). The Hall–Kier alpha value is -1.48. The van der Waals surface area contributed by atoms with Crippen LogP contribution in [0.25, 0.3) is 0 Å². The number of aliphatic hydroxyl groups excluding tert-OH is 3. The molecule has 17 heavy (non-hydrogen) atoms. The van der Waals surface area contributed by atoms with Crippen LogP contribution >= 0.6 is 0 Å². The van der Waals surface area contributed by atoms with E-state index in [4.69, 9.17) is 15.6 Å². The van der Waals surface area contributed by atoms with E-state index in [-0.39, 0.29) is 5.69 Å². The highest BCUT2D eigenvalue weighted by Gasteiger charge is 2.44. The Kier molecular flexibility index (Phi) is 3.11. The Labute approximate surface area is 96.2 Å². The minimum atomic E-state index is -1.29. The van der Waals surface area contributed by atoms with E-state index in [1.165, 1.54) is 12.3 Å². The van der Waals surface area contributed by atoms with Crippen molar-refractivity contribution in [2.45, 2.75) is 24.5 Å². The third-order valence-corrected chi connectivity index (χ3v) is 2.68. The molecule has 2 rings (SSSR count). The van der Waals surface area contributed by atoms with Crippen molar-refractivity contribution in [2.24, 2.45) is 5.73 Å². The average molecular weight is 243 g/mol. The van der Waals surface area contributed by atoms with Gasteiger partial charge in [0.05, 0.1) is 6.61 Å². The molecule has 1 aromatic heterocycles. The van der Waals surface area contributed by atoms with Crippen LogP contribution < -0.4 is 5.73 Å². The molecule has 4 atom stereocenters. The van der Waals surface area contributed by atoms with Crippen molar-refractivity contribution in [3.05, 3.63) is 18.0 Å². The lowest BCUT2D eigenvalue weighted by Gasteiger charge is -2.16. The summed E-state index contributed by atoms with van der Waals surface area (Å²) in [4.78, 5) is 11.1. The summed E-state index contributed by atoms with van der Waals surface area (Å²) in [7, 11) is 0. The quantitative estimate of drug-likeness (QED) is 0.468. The second-order valence-electron chi connectivity index (χ2n) is 3.75. The number of carbonyl (C=O) groups is 1. The first-order valence-electron chi connectivity index (χ1n) is 5.02. The van der Waals surface area contributed by atoms with E-state index >= 15 is 0 Å². The fraction of sp³-hybridized carbons (Fsp3) is 0.556. The van der Waals surface area contributed by atoms with Crippen LogP contribution in [0.4, 0.5) is 0 Å². The molecule has 0 aromatic carbocycles. The first-order valence-corrected chi connectivity index (χ1v) is 5.02. The first-order chi connectivity index (χ1) is 8.06. The van der Waals surface area contributed by atoms with Crippen molar-refractivity contribution in [1.82, 2.24) is 9.78 Å². The molecule has 5 N–H and O–H groups in total.